The highest BCUT2D eigenvalue weighted by atomic mass is 32.1. The van der Waals surface area contributed by atoms with Crippen LogP contribution in [0, 0.1) is 12.7 Å². The highest BCUT2D eigenvalue weighted by molar-refractivity contribution is 7.14. The van der Waals surface area contributed by atoms with E-state index in [1.165, 1.54) is 23.5 Å². The van der Waals surface area contributed by atoms with Crippen molar-refractivity contribution in [2.45, 2.75) is 45.2 Å². The van der Waals surface area contributed by atoms with Crippen LogP contribution in [0.4, 0.5) is 4.39 Å². The molecule has 1 aromatic carbocycles. The summed E-state index contributed by atoms with van der Waals surface area (Å²) in [6.45, 7) is 2.44. The number of aryl methyl sites for hydroxylation is 1. The van der Waals surface area contributed by atoms with Crippen LogP contribution >= 0.6 is 11.3 Å². The molecular weight excluding hydrogens is 325 g/mol. The quantitative estimate of drug-likeness (QED) is 0.700. The van der Waals surface area contributed by atoms with E-state index in [4.69, 9.17) is 0 Å². The first-order chi connectivity index (χ1) is 11.5. The first kappa shape index (κ1) is 16.8. The lowest BCUT2D eigenvalue weighted by Gasteiger charge is -2.22. The molecule has 2 aromatic rings. The van der Waals surface area contributed by atoms with Crippen LogP contribution in [0.1, 0.15) is 45.8 Å². The fourth-order valence-corrected chi connectivity index (χ4v) is 3.50. The van der Waals surface area contributed by atoms with E-state index in [2.05, 4.69) is 0 Å². The van der Waals surface area contributed by atoms with Gasteiger partial charge in [-0.3, -0.25) is 9.59 Å². The van der Waals surface area contributed by atoms with Gasteiger partial charge in [0.05, 0.1) is 4.88 Å². The van der Waals surface area contributed by atoms with Crippen molar-refractivity contribution in [3.63, 3.8) is 0 Å². The molecule has 1 aliphatic rings. The minimum absolute atomic E-state index is 0.00320. The van der Waals surface area contributed by atoms with Gasteiger partial charge in [-0.2, -0.15) is 0 Å². The fraction of sp³-hybridized carbons (Fsp3) is 0.368. The van der Waals surface area contributed by atoms with Gasteiger partial charge < -0.3 is 4.90 Å². The second-order valence-corrected chi connectivity index (χ2v) is 7.50. The summed E-state index contributed by atoms with van der Waals surface area (Å²) in [5, 5.41) is 0. The Morgan fingerprint density at radius 2 is 1.83 bits per heavy atom. The smallest absolute Gasteiger partial charge is 0.223 e. The lowest BCUT2D eigenvalue weighted by atomic mass is 10.1. The molecule has 1 amide bonds. The van der Waals surface area contributed by atoms with Crippen LogP contribution in [0.15, 0.2) is 36.4 Å². The first-order valence-electron chi connectivity index (χ1n) is 8.16. The number of hydrogen-bond donors (Lipinski definition) is 0. The number of amides is 1. The SMILES string of the molecule is Cc1ccc(C(=O)CCC(=O)N(Cc2ccc(F)cc2)C2CC2)s1. The van der Waals surface area contributed by atoms with E-state index in [1.54, 1.807) is 12.1 Å². The van der Waals surface area contributed by atoms with E-state index in [0.29, 0.717) is 6.54 Å². The number of carbonyl (C=O) groups excluding carboxylic acids is 2. The van der Waals surface area contributed by atoms with Gasteiger partial charge in [-0.1, -0.05) is 12.1 Å². The summed E-state index contributed by atoms with van der Waals surface area (Å²) in [5.41, 5.74) is 0.914. The largest absolute Gasteiger partial charge is 0.335 e. The number of thiophene rings is 1. The number of hydrogen-bond acceptors (Lipinski definition) is 3. The second-order valence-electron chi connectivity index (χ2n) is 6.21. The molecule has 1 heterocycles. The minimum Gasteiger partial charge on any atom is -0.335 e. The highest BCUT2D eigenvalue weighted by Gasteiger charge is 2.32. The van der Waals surface area contributed by atoms with Crippen LogP contribution in [-0.4, -0.2) is 22.6 Å². The molecule has 1 fully saturated rings. The Morgan fingerprint density at radius 1 is 1.12 bits per heavy atom. The standard InChI is InChI=1S/C19H20FNO2S/c1-13-2-10-18(24-13)17(22)9-11-19(23)21(16-7-8-16)12-14-3-5-15(20)6-4-14/h2-6,10,16H,7-9,11-12H2,1H3. The van der Waals surface area contributed by atoms with Crippen LogP contribution in [0.2, 0.25) is 0 Å². The predicted octanol–water partition coefficient (Wildman–Crippen LogP) is 4.35. The molecule has 0 aliphatic heterocycles. The highest BCUT2D eigenvalue weighted by Crippen LogP contribution is 2.29. The maximum atomic E-state index is 13.0. The topological polar surface area (TPSA) is 37.4 Å². The van der Waals surface area contributed by atoms with Crippen molar-refractivity contribution in [3.8, 4) is 0 Å². The summed E-state index contributed by atoms with van der Waals surface area (Å²) in [7, 11) is 0. The summed E-state index contributed by atoms with van der Waals surface area (Å²) in [6, 6.07) is 10.2. The third-order valence-electron chi connectivity index (χ3n) is 4.16. The van der Waals surface area contributed by atoms with Crippen LogP contribution in [0.3, 0.4) is 0 Å². The van der Waals surface area contributed by atoms with E-state index in [1.807, 2.05) is 24.0 Å². The summed E-state index contributed by atoms with van der Waals surface area (Å²) in [6.07, 6.45) is 2.48. The van der Waals surface area contributed by atoms with Gasteiger partial charge in [-0.25, -0.2) is 4.39 Å². The van der Waals surface area contributed by atoms with Gasteiger partial charge in [-0.05, 0) is 49.6 Å². The third kappa shape index (κ3) is 4.29. The average molecular weight is 345 g/mol. The molecule has 0 atom stereocenters. The summed E-state index contributed by atoms with van der Waals surface area (Å²) >= 11 is 1.47. The Hall–Kier alpha value is -2.01. The summed E-state index contributed by atoms with van der Waals surface area (Å²) < 4.78 is 13.0. The first-order valence-corrected chi connectivity index (χ1v) is 8.98. The number of halogens is 1. The van der Waals surface area contributed by atoms with E-state index >= 15 is 0 Å². The molecule has 126 valence electrons. The van der Waals surface area contributed by atoms with E-state index < -0.39 is 0 Å². The Kier molecular flexibility index (Phi) is 5.09. The van der Waals surface area contributed by atoms with Gasteiger partial charge in [0.25, 0.3) is 0 Å². The Bertz CT molecular complexity index is 734. The predicted molar refractivity (Wildman–Crippen MR) is 92.6 cm³/mol. The molecular formula is C19H20FNO2S. The zero-order chi connectivity index (χ0) is 17.1. The number of ketones is 1. The van der Waals surface area contributed by atoms with Gasteiger partial charge in [0.2, 0.25) is 5.91 Å². The van der Waals surface area contributed by atoms with Gasteiger partial charge in [0, 0.05) is 30.3 Å². The lowest BCUT2D eigenvalue weighted by Crippen LogP contribution is -2.32. The molecule has 0 unspecified atom stereocenters. The molecule has 0 bridgehead atoms. The van der Waals surface area contributed by atoms with Crippen molar-refractivity contribution in [1.82, 2.24) is 4.90 Å². The van der Waals surface area contributed by atoms with Gasteiger partial charge in [-0.15, -0.1) is 11.3 Å². The van der Waals surface area contributed by atoms with Crippen molar-refractivity contribution in [2.24, 2.45) is 0 Å². The zero-order valence-corrected chi connectivity index (χ0v) is 14.4. The molecule has 3 nitrogen and oxygen atoms in total. The molecule has 1 saturated carbocycles. The molecule has 1 aliphatic carbocycles. The van der Waals surface area contributed by atoms with Crippen molar-refractivity contribution in [3.05, 3.63) is 57.5 Å². The lowest BCUT2D eigenvalue weighted by molar-refractivity contribution is -0.132. The summed E-state index contributed by atoms with van der Waals surface area (Å²) in [5.74, 6) is -0.248. The van der Waals surface area contributed by atoms with Crippen molar-refractivity contribution < 1.29 is 14.0 Å². The molecule has 1 aromatic heterocycles. The van der Waals surface area contributed by atoms with Crippen LogP contribution in [0.5, 0.6) is 0 Å². The van der Waals surface area contributed by atoms with Gasteiger partial charge >= 0.3 is 0 Å². The molecule has 24 heavy (non-hydrogen) atoms. The molecule has 0 spiro atoms. The Morgan fingerprint density at radius 3 is 2.42 bits per heavy atom. The minimum atomic E-state index is -0.278. The molecule has 0 N–H and O–H groups in total. The zero-order valence-electron chi connectivity index (χ0n) is 13.6. The van der Waals surface area contributed by atoms with E-state index in [0.717, 1.165) is 28.2 Å². The normalized spacial score (nSPS) is 13.8. The Balaban J connectivity index is 1.58. The van der Waals surface area contributed by atoms with Crippen LogP contribution in [-0.2, 0) is 11.3 Å². The van der Waals surface area contributed by atoms with Crippen LogP contribution < -0.4 is 0 Å². The van der Waals surface area contributed by atoms with Crippen molar-refractivity contribution >= 4 is 23.0 Å². The second kappa shape index (κ2) is 7.26. The van der Waals surface area contributed by atoms with Crippen molar-refractivity contribution in [2.75, 3.05) is 0 Å². The van der Waals surface area contributed by atoms with Crippen molar-refractivity contribution in [1.29, 1.82) is 0 Å². The average Bonchev–Trinajstić information content (AvgIpc) is 3.32. The maximum Gasteiger partial charge on any atom is 0.223 e. The maximum absolute atomic E-state index is 13.0. The molecule has 0 radical (unpaired) electrons. The molecule has 5 heteroatoms. The van der Waals surface area contributed by atoms with E-state index in [9.17, 15) is 14.0 Å². The molecule has 0 saturated heterocycles. The monoisotopic (exact) mass is 345 g/mol. The number of carbonyl (C=O) groups is 2. The van der Waals surface area contributed by atoms with Crippen LogP contribution in [0.25, 0.3) is 0 Å². The number of nitrogens with zero attached hydrogens (tertiary/aromatic N) is 1. The number of Topliss-reactive ketones (excluding diaryl/α,β-unsaturated/α-hetero) is 1. The Labute approximate surface area is 145 Å². The fourth-order valence-electron chi connectivity index (χ4n) is 2.67. The molecule has 3 rings (SSSR count). The third-order valence-corrected chi connectivity index (χ3v) is 5.20. The number of benzene rings is 1. The summed E-state index contributed by atoms with van der Waals surface area (Å²) in [4.78, 5) is 28.4. The van der Waals surface area contributed by atoms with E-state index in [-0.39, 0.29) is 36.4 Å². The van der Waals surface area contributed by atoms with Gasteiger partial charge in [0.15, 0.2) is 5.78 Å². The van der Waals surface area contributed by atoms with Gasteiger partial charge in [0.1, 0.15) is 5.82 Å². The number of rotatable bonds is 7.